The molecule has 2 aliphatic heterocycles. The monoisotopic (exact) mass is 445 g/mol. The van der Waals surface area contributed by atoms with E-state index in [-0.39, 0.29) is 31.2 Å². The molecule has 1 amide bonds. The summed E-state index contributed by atoms with van der Waals surface area (Å²) in [7, 11) is -4.34. The van der Waals surface area contributed by atoms with E-state index in [0.717, 1.165) is 4.57 Å². The molecule has 0 spiro atoms. The van der Waals surface area contributed by atoms with Crippen LogP contribution in [0.4, 0.5) is 5.82 Å². The number of anilines is 1. The maximum absolute atomic E-state index is 12.6. The molecule has 3 heterocycles. The van der Waals surface area contributed by atoms with Crippen molar-refractivity contribution in [2.24, 2.45) is 0 Å². The number of nitrogens with one attached hydrogen (secondary N) is 1. The fraction of sp³-hybridized carbons (Fsp3) is 0.647. The lowest BCUT2D eigenvalue weighted by Gasteiger charge is -2.29. The predicted molar refractivity (Wildman–Crippen MR) is 101 cm³/mol. The van der Waals surface area contributed by atoms with E-state index in [1.165, 1.54) is 12.3 Å². The van der Waals surface area contributed by atoms with Crippen LogP contribution in [-0.4, -0.2) is 51.2 Å². The van der Waals surface area contributed by atoms with Gasteiger partial charge in [-0.25, -0.2) is 9.36 Å². The van der Waals surface area contributed by atoms with E-state index in [4.69, 9.17) is 18.5 Å². The molecule has 5 atom stereocenters. The highest BCUT2D eigenvalue weighted by Gasteiger charge is 2.55. The summed E-state index contributed by atoms with van der Waals surface area (Å²) in [6.45, 7) is 3.36. The Bertz CT molecular complexity index is 905. The van der Waals surface area contributed by atoms with Crippen molar-refractivity contribution in [1.82, 2.24) is 9.55 Å². The number of rotatable bonds is 7. The minimum absolute atomic E-state index is 0.0732. The maximum Gasteiger partial charge on any atom is 0.472 e. The third kappa shape index (κ3) is 5.13. The maximum atomic E-state index is 12.6. The van der Waals surface area contributed by atoms with Crippen LogP contribution in [0.15, 0.2) is 17.1 Å². The van der Waals surface area contributed by atoms with Crippen LogP contribution in [-0.2, 0) is 32.7 Å². The average molecular weight is 445 g/mol. The molecule has 0 radical (unpaired) electrons. The highest BCUT2D eigenvalue weighted by Crippen LogP contribution is 2.52. The average Bonchev–Trinajstić information content (AvgIpc) is 2.98. The first kappa shape index (κ1) is 22.6. The zero-order chi connectivity index (χ0) is 21.9. The summed E-state index contributed by atoms with van der Waals surface area (Å²) in [5.74, 6) is -0.769. The highest BCUT2D eigenvalue weighted by atomic mass is 31.2. The minimum Gasteiger partial charge on any atom is -0.455 e. The number of phosphoric acid groups is 1. The number of nitrogens with zero attached hydrogens (tertiary/aromatic N) is 2. The summed E-state index contributed by atoms with van der Waals surface area (Å²) in [5.41, 5.74) is -0.766. The molecule has 2 N–H and O–H groups in total. The molecule has 0 aliphatic carbocycles. The number of esters is 1. The van der Waals surface area contributed by atoms with E-state index in [9.17, 15) is 23.8 Å². The smallest absolute Gasteiger partial charge is 0.455 e. The Morgan fingerprint density at radius 3 is 2.77 bits per heavy atom. The number of amides is 1. The van der Waals surface area contributed by atoms with E-state index in [1.54, 1.807) is 6.92 Å². The molecule has 2 aliphatic rings. The molecule has 0 bridgehead atoms. The summed E-state index contributed by atoms with van der Waals surface area (Å²) < 4.78 is 33.9. The van der Waals surface area contributed by atoms with Gasteiger partial charge in [0, 0.05) is 19.0 Å². The van der Waals surface area contributed by atoms with Gasteiger partial charge >= 0.3 is 19.5 Å². The Morgan fingerprint density at radius 1 is 1.37 bits per heavy atom. The first-order chi connectivity index (χ1) is 14.2. The van der Waals surface area contributed by atoms with Gasteiger partial charge in [0.2, 0.25) is 5.91 Å². The summed E-state index contributed by atoms with van der Waals surface area (Å²) in [6.07, 6.45) is -1.35. The zero-order valence-electron chi connectivity index (χ0n) is 16.6. The van der Waals surface area contributed by atoms with Crippen LogP contribution in [0.1, 0.15) is 45.8 Å². The minimum atomic E-state index is -4.34. The van der Waals surface area contributed by atoms with Gasteiger partial charge in [-0.05, 0) is 18.9 Å². The molecule has 2 fully saturated rings. The fourth-order valence-electron chi connectivity index (χ4n) is 3.19. The summed E-state index contributed by atoms with van der Waals surface area (Å²) in [4.78, 5) is 49.8. The van der Waals surface area contributed by atoms with E-state index < -0.39 is 44.0 Å². The molecule has 0 aromatic carbocycles. The van der Waals surface area contributed by atoms with Crippen LogP contribution in [0.2, 0.25) is 0 Å². The number of hydrogen-bond donors (Lipinski definition) is 2. The van der Waals surface area contributed by atoms with Crippen LogP contribution >= 0.6 is 7.82 Å². The number of carbonyl (C=O) groups excluding carboxylic acids is 2. The largest absolute Gasteiger partial charge is 0.472 e. The molecule has 1 aromatic rings. The van der Waals surface area contributed by atoms with Crippen LogP contribution in [0, 0.1) is 0 Å². The van der Waals surface area contributed by atoms with Crippen LogP contribution in [0.5, 0.6) is 0 Å². The lowest BCUT2D eigenvalue weighted by Crippen LogP contribution is -2.42. The second kappa shape index (κ2) is 9.36. The third-order valence-electron chi connectivity index (χ3n) is 4.51. The number of ether oxygens (including phenoxy) is 2. The van der Waals surface area contributed by atoms with Crippen LogP contribution in [0.3, 0.4) is 0 Å². The number of carbonyl (C=O) groups is 2. The van der Waals surface area contributed by atoms with Crippen molar-refractivity contribution < 1.29 is 37.6 Å². The number of phosphoric ester groups is 1. The number of aromatic nitrogens is 2. The van der Waals surface area contributed by atoms with Crippen molar-refractivity contribution in [2.45, 2.75) is 64.1 Å². The van der Waals surface area contributed by atoms with Gasteiger partial charge in [0.1, 0.15) is 18.0 Å². The van der Waals surface area contributed by atoms with Gasteiger partial charge in [0.05, 0.1) is 6.61 Å². The van der Waals surface area contributed by atoms with Gasteiger partial charge < -0.3 is 19.7 Å². The molecule has 12 nitrogen and oxygen atoms in total. The molecule has 30 heavy (non-hydrogen) atoms. The third-order valence-corrected chi connectivity index (χ3v) is 5.50. The van der Waals surface area contributed by atoms with Crippen molar-refractivity contribution in [3.8, 4) is 0 Å². The topological polar surface area (TPSA) is 155 Å². The molecule has 5 unspecified atom stereocenters. The van der Waals surface area contributed by atoms with Gasteiger partial charge in [-0.2, -0.15) is 4.98 Å². The van der Waals surface area contributed by atoms with E-state index in [2.05, 4.69) is 10.3 Å². The Kier molecular flexibility index (Phi) is 7.04. The molecular weight excluding hydrogens is 421 g/mol. The van der Waals surface area contributed by atoms with E-state index in [0.29, 0.717) is 12.8 Å². The molecular formula is C17H24N3O9P. The quantitative estimate of drug-likeness (QED) is 0.460. The van der Waals surface area contributed by atoms with Gasteiger partial charge in [0.25, 0.3) is 0 Å². The molecule has 3 rings (SSSR count). The SMILES string of the molecule is CCCC(=O)Nc1ccn(C2OC3COP(=O)(O)OC3C2OC(=O)CCC)c(=O)n1. The lowest BCUT2D eigenvalue weighted by molar-refractivity contribution is -0.158. The van der Waals surface area contributed by atoms with Crippen LogP contribution in [0.25, 0.3) is 0 Å². The molecule has 13 heteroatoms. The van der Waals surface area contributed by atoms with Crippen molar-refractivity contribution in [2.75, 3.05) is 11.9 Å². The van der Waals surface area contributed by atoms with Gasteiger partial charge in [-0.1, -0.05) is 13.8 Å². The summed E-state index contributed by atoms with van der Waals surface area (Å²) in [6, 6.07) is 1.40. The predicted octanol–water partition coefficient (Wildman–Crippen LogP) is 1.11. The molecule has 166 valence electrons. The Hall–Kier alpha value is -2.11. The fourth-order valence-corrected chi connectivity index (χ4v) is 4.15. The Morgan fingerprint density at radius 2 is 2.10 bits per heavy atom. The molecule has 0 saturated carbocycles. The van der Waals surface area contributed by atoms with E-state index in [1.807, 2.05) is 6.92 Å². The van der Waals surface area contributed by atoms with E-state index >= 15 is 0 Å². The first-order valence-corrected chi connectivity index (χ1v) is 11.1. The lowest BCUT2D eigenvalue weighted by atomic mass is 10.1. The standard InChI is InChI=1S/C17H24N3O9P/c1-3-5-12(21)18-11-7-8-20(17(23)19-11)16-15(28-13(22)6-4-2)14-10(27-16)9-26-30(24,25)29-14/h7-8,10,14-16H,3-6,9H2,1-2H3,(H,24,25)(H,18,19,21,23). The number of fused-ring (bicyclic) bond motifs is 1. The second-order valence-corrected chi connectivity index (χ2v) is 8.31. The highest BCUT2D eigenvalue weighted by molar-refractivity contribution is 7.47. The summed E-state index contributed by atoms with van der Waals surface area (Å²) in [5, 5.41) is 2.52. The van der Waals surface area contributed by atoms with Gasteiger partial charge in [-0.3, -0.25) is 23.2 Å². The normalized spacial score (nSPS) is 30.5. The van der Waals surface area contributed by atoms with Gasteiger partial charge in [-0.15, -0.1) is 0 Å². The zero-order valence-corrected chi connectivity index (χ0v) is 17.4. The van der Waals surface area contributed by atoms with Crippen LogP contribution < -0.4 is 11.0 Å². The molecule has 1 aromatic heterocycles. The Balaban J connectivity index is 1.86. The van der Waals surface area contributed by atoms with Crippen molar-refractivity contribution in [3.05, 3.63) is 22.7 Å². The second-order valence-electron chi connectivity index (χ2n) is 6.90. The van der Waals surface area contributed by atoms with Gasteiger partial charge in [0.15, 0.2) is 12.3 Å². The van der Waals surface area contributed by atoms with Crippen molar-refractivity contribution >= 4 is 25.5 Å². The first-order valence-electron chi connectivity index (χ1n) is 9.63. The number of hydrogen-bond acceptors (Lipinski definition) is 9. The summed E-state index contributed by atoms with van der Waals surface area (Å²) >= 11 is 0. The Labute approximate surface area is 172 Å². The molecule has 2 saturated heterocycles. The van der Waals surface area contributed by atoms with Crippen molar-refractivity contribution in [1.29, 1.82) is 0 Å². The van der Waals surface area contributed by atoms with Crippen molar-refractivity contribution in [3.63, 3.8) is 0 Å².